The van der Waals surface area contributed by atoms with Crippen LogP contribution in [0.2, 0.25) is 0 Å². The number of nitrogens with one attached hydrogen (secondary N) is 3. The van der Waals surface area contributed by atoms with Gasteiger partial charge >= 0.3 is 13.7 Å². The van der Waals surface area contributed by atoms with Crippen molar-refractivity contribution in [2.75, 3.05) is 0 Å². The SMILES string of the molecule is CC(C)C[C@H](NC(=O)[C@H](CC(C)C)NC(=O)[C@H](CC(C)C)NC(=O)c1cnccn1)C(=O)O.OBO. The molecule has 13 heteroatoms. The van der Waals surface area contributed by atoms with E-state index in [9.17, 15) is 24.3 Å². The molecule has 0 aliphatic rings. The standard InChI is InChI=1S/C23H37N5O5.BH3O2/c1-13(2)9-16(27-22(31)19-12-24-7-8-25-19)20(29)26-17(10-14(3)4)21(30)28-18(23(32)33)11-15(5)6;2-1-3/h7-8,12-18H,9-11H2,1-6H3,(H,26,29)(H,27,31)(H,28,30)(H,32,33);1-3H/t16-,17-,18-;/m0./s1. The van der Waals surface area contributed by atoms with Crippen molar-refractivity contribution in [2.45, 2.75) is 78.9 Å². The van der Waals surface area contributed by atoms with Gasteiger partial charge in [-0.3, -0.25) is 19.4 Å². The van der Waals surface area contributed by atoms with Crippen LogP contribution in [0, 0.1) is 17.8 Å². The highest BCUT2D eigenvalue weighted by atomic mass is 16.4. The van der Waals surface area contributed by atoms with Crippen molar-refractivity contribution in [1.29, 1.82) is 0 Å². The molecule has 0 aromatic carbocycles. The number of carboxylic acids is 1. The van der Waals surface area contributed by atoms with Crippen LogP contribution in [0.5, 0.6) is 0 Å². The minimum Gasteiger partial charge on any atom is -0.480 e. The largest absolute Gasteiger partial charge is 0.480 e. The average Bonchev–Trinajstić information content (AvgIpc) is 2.77. The highest BCUT2D eigenvalue weighted by Crippen LogP contribution is 2.11. The predicted molar refractivity (Wildman–Crippen MR) is 135 cm³/mol. The maximum Gasteiger partial charge on any atom is 0.432 e. The molecule has 0 radical (unpaired) electrons. The molecule has 6 N–H and O–H groups in total. The zero-order valence-electron chi connectivity index (χ0n) is 21.9. The Bertz CT molecular complexity index is 824. The van der Waals surface area contributed by atoms with Crippen LogP contribution in [0.1, 0.15) is 71.3 Å². The van der Waals surface area contributed by atoms with Gasteiger partial charge in [0.15, 0.2) is 0 Å². The summed E-state index contributed by atoms with van der Waals surface area (Å²) >= 11 is 0. The molecule has 12 nitrogen and oxygen atoms in total. The zero-order chi connectivity index (χ0) is 27.8. The van der Waals surface area contributed by atoms with Gasteiger partial charge in [-0.25, -0.2) is 9.78 Å². The van der Waals surface area contributed by atoms with Crippen LogP contribution in [0.15, 0.2) is 18.6 Å². The van der Waals surface area contributed by atoms with Gasteiger partial charge < -0.3 is 31.1 Å². The van der Waals surface area contributed by atoms with Gasteiger partial charge in [0.25, 0.3) is 5.91 Å². The molecule has 1 rings (SSSR count). The Balaban J connectivity index is 0.00000387. The molecule has 36 heavy (non-hydrogen) atoms. The van der Waals surface area contributed by atoms with Crippen LogP contribution in [0.4, 0.5) is 0 Å². The van der Waals surface area contributed by atoms with Gasteiger partial charge in [-0.1, -0.05) is 41.5 Å². The number of amides is 3. The molecule has 0 saturated heterocycles. The van der Waals surface area contributed by atoms with E-state index in [2.05, 4.69) is 25.9 Å². The summed E-state index contributed by atoms with van der Waals surface area (Å²) in [5, 5.41) is 31.6. The molecular weight excluding hydrogens is 469 g/mol. The highest BCUT2D eigenvalue weighted by molar-refractivity contribution is 6.13. The molecule has 3 atom stereocenters. The first kappa shape index (κ1) is 32.9. The van der Waals surface area contributed by atoms with Crippen molar-refractivity contribution in [3.63, 3.8) is 0 Å². The monoisotopic (exact) mass is 509 g/mol. The lowest BCUT2D eigenvalue weighted by atomic mass is 9.99. The predicted octanol–water partition coefficient (Wildman–Crippen LogP) is 0.00500. The summed E-state index contributed by atoms with van der Waals surface area (Å²) in [5.41, 5.74) is 0.0773. The van der Waals surface area contributed by atoms with Crippen LogP contribution in [0.3, 0.4) is 0 Å². The summed E-state index contributed by atoms with van der Waals surface area (Å²) < 4.78 is 0. The van der Waals surface area contributed by atoms with Crippen LogP contribution in [-0.4, -0.2) is 74.6 Å². The molecule has 0 unspecified atom stereocenters. The number of rotatable bonds is 13. The van der Waals surface area contributed by atoms with E-state index in [1.807, 2.05) is 41.5 Å². The Labute approximate surface area is 213 Å². The smallest absolute Gasteiger partial charge is 0.432 e. The second kappa shape index (κ2) is 17.4. The van der Waals surface area contributed by atoms with Crippen molar-refractivity contribution >= 4 is 31.4 Å². The van der Waals surface area contributed by atoms with E-state index in [0.29, 0.717) is 12.8 Å². The number of carboxylic acid groups (broad SMARTS) is 1. The number of nitrogens with zero attached hydrogens (tertiary/aromatic N) is 2. The van der Waals surface area contributed by atoms with Crippen LogP contribution < -0.4 is 16.0 Å². The first-order valence-electron chi connectivity index (χ1n) is 11.9. The van der Waals surface area contributed by atoms with Gasteiger partial charge in [0, 0.05) is 12.4 Å². The number of aliphatic carboxylic acids is 1. The third-order valence-corrected chi connectivity index (χ3v) is 4.79. The Morgan fingerprint density at radius 1 is 0.778 bits per heavy atom. The Morgan fingerprint density at radius 2 is 1.19 bits per heavy atom. The molecule has 202 valence electrons. The van der Waals surface area contributed by atoms with Crippen molar-refractivity contribution in [1.82, 2.24) is 25.9 Å². The van der Waals surface area contributed by atoms with Gasteiger partial charge in [0.2, 0.25) is 11.8 Å². The second-order valence-electron chi connectivity index (χ2n) is 9.61. The van der Waals surface area contributed by atoms with E-state index in [1.54, 1.807) is 0 Å². The molecule has 3 amide bonds. The van der Waals surface area contributed by atoms with Gasteiger partial charge in [0.1, 0.15) is 23.8 Å². The lowest BCUT2D eigenvalue weighted by molar-refractivity contribution is -0.142. The Hall–Kier alpha value is -3.06. The van der Waals surface area contributed by atoms with E-state index < -0.39 is 49.5 Å². The van der Waals surface area contributed by atoms with Crippen molar-refractivity contribution in [2.24, 2.45) is 17.8 Å². The maximum absolute atomic E-state index is 13.1. The zero-order valence-corrected chi connectivity index (χ0v) is 21.9. The van der Waals surface area contributed by atoms with Gasteiger partial charge in [-0.05, 0) is 37.0 Å². The Kier molecular flexibility index (Phi) is 15.9. The summed E-state index contributed by atoms with van der Waals surface area (Å²) in [4.78, 5) is 57.9. The lowest BCUT2D eigenvalue weighted by Gasteiger charge is -2.26. The molecule has 0 saturated carbocycles. The molecule has 0 spiro atoms. The first-order chi connectivity index (χ1) is 16.8. The molecule has 0 fully saturated rings. The fraction of sp³-hybridized carbons (Fsp3) is 0.652. The minimum atomic E-state index is -1.12. The van der Waals surface area contributed by atoms with Gasteiger partial charge in [-0.2, -0.15) is 0 Å². The number of hydrogen-bond acceptors (Lipinski definition) is 8. The molecule has 0 aliphatic carbocycles. The maximum atomic E-state index is 13.1. The highest BCUT2D eigenvalue weighted by Gasteiger charge is 2.30. The van der Waals surface area contributed by atoms with E-state index in [0.717, 1.165) is 0 Å². The fourth-order valence-electron chi connectivity index (χ4n) is 3.29. The molecule has 0 aliphatic heterocycles. The topological polar surface area (TPSA) is 191 Å². The van der Waals surface area contributed by atoms with Crippen LogP contribution >= 0.6 is 0 Å². The van der Waals surface area contributed by atoms with Crippen molar-refractivity contribution < 1.29 is 34.3 Å². The third-order valence-electron chi connectivity index (χ3n) is 4.79. The second-order valence-corrected chi connectivity index (χ2v) is 9.61. The van der Waals surface area contributed by atoms with E-state index in [1.165, 1.54) is 18.6 Å². The normalized spacial score (nSPS) is 13.2. The third kappa shape index (κ3) is 13.7. The van der Waals surface area contributed by atoms with Gasteiger partial charge in [0.05, 0.1) is 6.20 Å². The fourth-order valence-corrected chi connectivity index (χ4v) is 3.29. The van der Waals surface area contributed by atoms with E-state index in [4.69, 9.17) is 10.0 Å². The van der Waals surface area contributed by atoms with Crippen molar-refractivity contribution in [3.05, 3.63) is 24.3 Å². The van der Waals surface area contributed by atoms with Gasteiger partial charge in [-0.15, -0.1) is 0 Å². The molecule has 1 aromatic heterocycles. The summed E-state index contributed by atoms with van der Waals surface area (Å²) in [7, 11) is -0.750. The number of carbonyl (C=O) groups excluding carboxylic acids is 3. The molecule has 1 aromatic rings. The quantitative estimate of drug-likeness (QED) is 0.199. The van der Waals surface area contributed by atoms with Crippen LogP contribution in [0.25, 0.3) is 0 Å². The Morgan fingerprint density at radius 3 is 1.58 bits per heavy atom. The molecule has 1 heterocycles. The van der Waals surface area contributed by atoms with Crippen molar-refractivity contribution in [3.8, 4) is 0 Å². The average molecular weight is 509 g/mol. The number of carbonyl (C=O) groups is 4. The number of hydrogen-bond donors (Lipinski definition) is 6. The number of aromatic nitrogens is 2. The summed E-state index contributed by atoms with van der Waals surface area (Å²) in [6.07, 6.45) is 5.05. The lowest BCUT2D eigenvalue weighted by Crippen LogP contribution is -2.56. The van der Waals surface area contributed by atoms with E-state index >= 15 is 0 Å². The minimum absolute atomic E-state index is 0.0622. The first-order valence-corrected chi connectivity index (χ1v) is 11.9. The molecule has 0 bridgehead atoms. The van der Waals surface area contributed by atoms with Crippen LogP contribution in [-0.2, 0) is 14.4 Å². The van der Waals surface area contributed by atoms with E-state index in [-0.39, 0.29) is 29.9 Å². The summed E-state index contributed by atoms with van der Waals surface area (Å²) in [5.74, 6) is -2.53. The summed E-state index contributed by atoms with van der Waals surface area (Å²) in [6.45, 7) is 11.4. The summed E-state index contributed by atoms with van der Waals surface area (Å²) in [6, 6.07) is -2.88. The molecular formula is C23H40BN5O7.